The van der Waals surface area contributed by atoms with Crippen molar-refractivity contribution in [3.8, 4) is 0 Å². The number of pyridine rings is 1. The van der Waals surface area contributed by atoms with E-state index in [0.717, 1.165) is 30.0 Å². The van der Waals surface area contributed by atoms with Gasteiger partial charge in [0.1, 0.15) is 10.7 Å². The van der Waals surface area contributed by atoms with E-state index in [2.05, 4.69) is 9.97 Å². The summed E-state index contributed by atoms with van der Waals surface area (Å²) in [5.41, 5.74) is 7.15. The van der Waals surface area contributed by atoms with Gasteiger partial charge >= 0.3 is 0 Å². The second kappa shape index (κ2) is 5.68. The predicted molar refractivity (Wildman–Crippen MR) is 77.3 cm³/mol. The van der Waals surface area contributed by atoms with Gasteiger partial charge in [-0.05, 0) is 24.5 Å². The lowest BCUT2D eigenvalue weighted by Gasteiger charge is -2.24. The summed E-state index contributed by atoms with van der Waals surface area (Å²) in [6.07, 6.45) is 5.58. The van der Waals surface area contributed by atoms with Crippen LogP contribution in [0.15, 0.2) is 29.9 Å². The maximum Gasteiger partial charge on any atom is 0.273 e. The Morgan fingerprint density at radius 1 is 1.55 bits per heavy atom. The van der Waals surface area contributed by atoms with Crippen molar-refractivity contribution in [2.24, 2.45) is 5.73 Å². The van der Waals surface area contributed by atoms with Gasteiger partial charge in [0, 0.05) is 30.9 Å². The third-order valence-electron chi connectivity index (χ3n) is 3.53. The predicted octanol–water partition coefficient (Wildman–Crippen LogP) is 1.97. The largest absolute Gasteiger partial charge is 0.330 e. The molecule has 2 N–H and O–H groups in total. The lowest BCUT2D eigenvalue weighted by molar-refractivity contribution is 0.0730. The molecule has 1 aliphatic rings. The van der Waals surface area contributed by atoms with Crippen molar-refractivity contribution < 1.29 is 4.79 Å². The number of nitrogens with two attached hydrogens (primary N) is 1. The van der Waals surface area contributed by atoms with E-state index in [1.807, 2.05) is 23.2 Å². The number of carbonyl (C=O) groups excluding carboxylic acids is 1. The van der Waals surface area contributed by atoms with E-state index in [-0.39, 0.29) is 11.9 Å². The Balaban J connectivity index is 1.83. The van der Waals surface area contributed by atoms with Crippen molar-refractivity contribution >= 4 is 17.2 Å². The highest BCUT2D eigenvalue weighted by Gasteiger charge is 2.31. The lowest BCUT2D eigenvalue weighted by Crippen LogP contribution is -2.30. The SMILES string of the molecule is NCc1nc(C(=O)N2CCCC2c2cccnc2)cs1. The fourth-order valence-corrected chi connectivity index (χ4v) is 3.23. The van der Waals surface area contributed by atoms with E-state index in [1.54, 1.807) is 11.6 Å². The molecule has 0 bridgehead atoms. The molecule has 1 aliphatic heterocycles. The van der Waals surface area contributed by atoms with E-state index in [4.69, 9.17) is 5.73 Å². The zero-order valence-corrected chi connectivity index (χ0v) is 11.8. The van der Waals surface area contributed by atoms with Gasteiger partial charge in [0.05, 0.1) is 6.04 Å². The Kier molecular flexibility index (Phi) is 3.75. The first kappa shape index (κ1) is 13.2. The molecule has 104 valence electrons. The topological polar surface area (TPSA) is 72.1 Å². The second-order valence-electron chi connectivity index (χ2n) is 4.77. The van der Waals surface area contributed by atoms with Crippen molar-refractivity contribution in [2.75, 3.05) is 6.54 Å². The molecule has 1 amide bonds. The molecule has 2 aromatic heterocycles. The second-order valence-corrected chi connectivity index (χ2v) is 5.72. The molecule has 1 atom stereocenters. The van der Waals surface area contributed by atoms with Gasteiger partial charge < -0.3 is 10.6 Å². The van der Waals surface area contributed by atoms with E-state index in [9.17, 15) is 4.79 Å². The number of hydrogen-bond acceptors (Lipinski definition) is 5. The van der Waals surface area contributed by atoms with Crippen LogP contribution in [0.5, 0.6) is 0 Å². The van der Waals surface area contributed by atoms with Crippen LogP contribution in [0.3, 0.4) is 0 Å². The van der Waals surface area contributed by atoms with Gasteiger partial charge in [-0.1, -0.05) is 6.07 Å². The molecule has 0 aromatic carbocycles. The molecule has 0 aliphatic carbocycles. The fraction of sp³-hybridized carbons (Fsp3) is 0.357. The number of rotatable bonds is 3. The van der Waals surface area contributed by atoms with Crippen LogP contribution in [-0.4, -0.2) is 27.3 Å². The normalized spacial score (nSPS) is 18.4. The van der Waals surface area contributed by atoms with Gasteiger partial charge in [0.15, 0.2) is 0 Å². The minimum absolute atomic E-state index is 0.00713. The number of thiazole rings is 1. The van der Waals surface area contributed by atoms with Crippen LogP contribution in [0.25, 0.3) is 0 Å². The van der Waals surface area contributed by atoms with Crippen molar-refractivity contribution in [1.82, 2.24) is 14.9 Å². The molecule has 2 aromatic rings. The Hall–Kier alpha value is -1.79. The number of likely N-dealkylation sites (tertiary alicyclic amines) is 1. The number of aromatic nitrogens is 2. The Morgan fingerprint density at radius 2 is 2.45 bits per heavy atom. The molecule has 1 saturated heterocycles. The maximum atomic E-state index is 12.6. The first-order valence-electron chi connectivity index (χ1n) is 6.65. The molecule has 0 radical (unpaired) electrons. The van der Waals surface area contributed by atoms with Crippen molar-refractivity contribution in [1.29, 1.82) is 0 Å². The summed E-state index contributed by atoms with van der Waals surface area (Å²) < 4.78 is 0. The summed E-state index contributed by atoms with van der Waals surface area (Å²) in [5, 5.41) is 2.59. The monoisotopic (exact) mass is 288 g/mol. The zero-order valence-electron chi connectivity index (χ0n) is 11.0. The van der Waals surface area contributed by atoms with Gasteiger partial charge in [-0.15, -0.1) is 11.3 Å². The van der Waals surface area contributed by atoms with Crippen LogP contribution >= 0.6 is 11.3 Å². The first-order valence-corrected chi connectivity index (χ1v) is 7.53. The van der Waals surface area contributed by atoms with Gasteiger partial charge in [0.25, 0.3) is 5.91 Å². The van der Waals surface area contributed by atoms with E-state index >= 15 is 0 Å². The van der Waals surface area contributed by atoms with E-state index in [1.165, 1.54) is 11.3 Å². The van der Waals surface area contributed by atoms with Crippen LogP contribution in [0.2, 0.25) is 0 Å². The third-order valence-corrected chi connectivity index (χ3v) is 4.40. The quantitative estimate of drug-likeness (QED) is 0.937. The first-order chi connectivity index (χ1) is 9.79. The minimum Gasteiger partial charge on any atom is -0.330 e. The molecular formula is C14H16N4OS. The molecule has 0 saturated carbocycles. The summed E-state index contributed by atoms with van der Waals surface area (Å²) in [6.45, 7) is 1.15. The highest BCUT2D eigenvalue weighted by molar-refractivity contribution is 7.09. The maximum absolute atomic E-state index is 12.6. The standard InChI is InChI=1S/C14H16N4OS/c15-7-13-17-11(9-20-13)14(19)18-6-2-4-12(18)10-3-1-5-16-8-10/h1,3,5,8-9,12H,2,4,6-7,15H2. The van der Waals surface area contributed by atoms with Gasteiger partial charge in [-0.2, -0.15) is 0 Å². The highest BCUT2D eigenvalue weighted by atomic mass is 32.1. The Morgan fingerprint density at radius 3 is 3.15 bits per heavy atom. The molecule has 20 heavy (non-hydrogen) atoms. The average molecular weight is 288 g/mol. The molecule has 3 rings (SSSR count). The summed E-state index contributed by atoms with van der Waals surface area (Å²) in [7, 11) is 0. The van der Waals surface area contributed by atoms with Crippen LogP contribution in [0.4, 0.5) is 0 Å². The molecule has 1 fully saturated rings. The Labute approximate surface area is 121 Å². The summed E-state index contributed by atoms with van der Waals surface area (Å²) in [4.78, 5) is 22.9. The summed E-state index contributed by atoms with van der Waals surface area (Å²) >= 11 is 1.44. The van der Waals surface area contributed by atoms with Crippen molar-refractivity contribution in [3.05, 3.63) is 46.2 Å². The number of hydrogen-bond donors (Lipinski definition) is 1. The summed E-state index contributed by atoms with van der Waals surface area (Å²) in [5.74, 6) is -0.00713. The molecule has 1 unspecified atom stereocenters. The molecule has 5 nitrogen and oxygen atoms in total. The van der Waals surface area contributed by atoms with Crippen LogP contribution < -0.4 is 5.73 Å². The van der Waals surface area contributed by atoms with Crippen molar-refractivity contribution in [3.63, 3.8) is 0 Å². The molecule has 0 spiro atoms. The Bertz CT molecular complexity index is 598. The van der Waals surface area contributed by atoms with Gasteiger partial charge in [0.2, 0.25) is 0 Å². The van der Waals surface area contributed by atoms with Gasteiger partial charge in [-0.3, -0.25) is 9.78 Å². The highest BCUT2D eigenvalue weighted by Crippen LogP contribution is 2.32. The van der Waals surface area contributed by atoms with Crippen LogP contribution in [0.1, 0.15) is 39.9 Å². The number of nitrogens with zero attached hydrogens (tertiary/aromatic N) is 3. The van der Waals surface area contributed by atoms with Crippen LogP contribution in [-0.2, 0) is 6.54 Å². The van der Waals surface area contributed by atoms with Gasteiger partial charge in [-0.25, -0.2) is 4.98 Å². The summed E-state index contributed by atoms with van der Waals surface area (Å²) in [6, 6.07) is 4.04. The van der Waals surface area contributed by atoms with Crippen molar-refractivity contribution in [2.45, 2.75) is 25.4 Å². The number of amides is 1. The molecule has 6 heteroatoms. The lowest BCUT2D eigenvalue weighted by atomic mass is 10.1. The smallest absolute Gasteiger partial charge is 0.273 e. The van der Waals surface area contributed by atoms with Crippen LogP contribution in [0, 0.1) is 0 Å². The minimum atomic E-state index is -0.00713. The molecule has 3 heterocycles. The van der Waals surface area contributed by atoms with E-state index in [0.29, 0.717) is 12.2 Å². The zero-order chi connectivity index (χ0) is 13.9. The van der Waals surface area contributed by atoms with E-state index < -0.39 is 0 Å². The fourth-order valence-electron chi connectivity index (χ4n) is 2.58. The average Bonchev–Trinajstić information content (AvgIpc) is 3.16. The third kappa shape index (κ3) is 2.44. The molecular weight excluding hydrogens is 272 g/mol. The number of carbonyl (C=O) groups is 1.